The van der Waals surface area contributed by atoms with Crippen molar-refractivity contribution in [3.63, 3.8) is 0 Å². The number of anilines is 1. The normalized spacial score (nSPS) is 11.0. The van der Waals surface area contributed by atoms with Gasteiger partial charge in [0.05, 0.1) is 0 Å². The van der Waals surface area contributed by atoms with Crippen LogP contribution < -0.4 is 5.73 Å². The summed E-state index contributed by atoms with van der Waals surface area (Å²) in [6.07, 6.45) is 1.59. The average Bonchev–Trinajstić information content (AvgIpc) is 2.46. The van der Waals surface area contributed by atoms with Crippen LogP contribution in [0.1, 0.15) is 18.4 Å². The molecular weight excluding hydrogens is 262 g/mol. The molecule has 0 aliphatic rings. The van der Waals surface area contributed by atoms with E-state index in [2.05, 4.69) is 18.2 Å². The lowest BCUT2D eigenvalue weighted by atomic mass is 9.93. The van der Waals surface area contributed by atoms with E-state index in [-0.39, 0.29) is 6.42 Å². The Labute approximate surface area is 123 Å². The lowest BCUT2D eigenvalue weighted by Gasteiger charge is -2.12. The van der Waals surface area contributed by atoms with Crippen LogP contribution in [0.15, 0.2) is 48.5 Å². The fraction of sp³-hybridized carbons (Fsp3) is 0.167. The Morgan fingerprint density at radius 2 is 1.76 bits per heavy atom. The van der Waals surface area contributed by atoms with Crippen molar-refractivity contribution in [3.8, 4) is 0 Å². The van der Waals surface area contributed by atoms with Crippen molar-refractivity contribution < 1.29 is 9.90 Å². The smallest absolute Gasteiger partial charge is 0.303 e. The first-order chi connectivity index (χ1) is 10.1. The highest BCUT2D eigenvalue weighted by molar-refractivity contribution is 6.03. The summed E-state index contributed by atoms with van der Waals surface area (Å²) in [5.41, 5.74) is 7.84. The summed E-state index contributed by atoms with van der Waals surface area (Å²) in [7, 11) is 0. The van der Waals surface area contributed by atoms with Crippen LogP contribution in [0.3, 0.4) is 0 Å². The number of fused-ring (bicyclic) bond motifs is 2. The molecule has 0 atom stereocenters. The Bertz CT molecular complexity index is 824. The van der Waals surface area contributed by atoms with E-state index in [0.717, 1.165) is 22.9 Å². The van der Waals surface area contributed by atoms with Gasteiger partial charge < -0.3 is 10.8 Å². The minimum absolute atomic E-state index is 0.194. The van der Waals surface area contributed by atoms with Crippen LogP contribution in [0.4, 0.5) is 5.69 Å². The maximum atomic E-state index is 10.7. The molecule has 0 fully saturated rings. The molecule has 0 radical (unpaired) electrons. The van der Waals surface area contributed by atoms with E-state index in [1.807, 2.05) is 30.3 Å². The van der Waals surface area contributed by atoms with E-state index in [0.29, 0.717) is 6.42 Å². The van der Waals surface area contributed by atoms with Gasteiger partial charge in [-0.15, -0.1) is 0 Å². The zero-order chi connectivity index (χ0) is 14.8. The molecule has 3 aromatic carbocycles. The molecule has 3 nitrogen and oxygen atoms in total. The van der Waals surface area contributed by atoms with Gasteiger partial charge in [-0.2, -0.15) is 0 Å². The van der Waals surface area contributed by atoms with Crippen molar-refractivity contribution in [3.05, 3.63) is 54.1 Å². The van der Waals surface area contributed by atoms with Crippen molar-refractivity contribution >= 4 is 33.2 Å². The number of nitrogen functional groups attached to an aromatic ring is 1. The third-order valence-electron chi connectivity index (χ3n) is 3.82. The number of hydrogen-bond acceptors (Lipinski definition) is 2. The number of rotatable bonds is 4. The minimum atomic E-state index is -0.746. The number of carbonyl (C=O) groups is 1. The van der Waals surface area contributed by atoms with Crippen molar-refractivity contribution in [2.24, 2.45) is 0 Å². The molecule has 0 heterocycles. The number of aryl methyl sites for hydroxylation is 1. The van der Waals surface area contributed by atoms with E-state index in [1.165, 1.54) is 16.3 Å². The fourth-order valence-corrected chi connectivity index (χ4v) is 2.87. The molecule has 3 N–H and O–H groups in total. The lowest BCUT2D eigenvalue weighted by Crippen LogP contribution is -1.97. The van der Waals surface area contributed by atoms with Gasteiger partial charge in [0.2, 0.25) is 0 Å². The Hall–Kier alpha value is -2.55. The Morgan fingerprint density at radius 1 is 1.00 bits per heavy atom. The van der Waals surface area contributed by atoms with Crippen LogP contribution in [0.2, 0.25) is 0 Å². The summed E-state index contributed by atoms with van der Waals surface area (Å²) in [5.74, 6) is -0.746. The summed E-state index contributed by atoms with van der Waals surface area (Å²) in [5, 5.41) is 13.5. The molecular formula is C18H17NO2. The molecule has 0 aliphatic heterocycles. The Morgan fingerprint density at radius 3 is 2.57 bits per heavy atom. The number of carboxylic acid groups (broad SMARTS) is 1. The van der Waals surface area contributed by atoms with Gasteiger partial charge in [0, 0.05) is 12.1 Å². The summed E-state index contributed by atoms with van der Waals surface area (Å²) in [4.78, 5) is 10.7. The van der Waals surface area contributed by atoms with Crippen LogP contribution >= 0.6 is 0 Å². The second kappa shape index (κ2) is 5.44. The molecule has 0 amide bonds. The van der Waals surface area contributed by atoms with Crippen LogP contribution in [-0.2, 0) is 11.2 Å². The standard InChI is InChI=1S/C18H17NO2/c19-14-8-9-16-13(11-14)10-12-4-1-2-5-15(12)17(16)6-3-7-18(20)21/h1-2,4-5,8-11H,3,6-7,19H2,(H,20,21). The molecule has 0 saturated carbocycles. The monoisotopic (exact) mass is 279 g/mol. The second-order valence-electron chi connectivity index (χ2n) is 5.30. The van der Waals surface area contributed by atoms with E-state index >= 15 is 0 Å². The molecule has 0 aliphatic carbocycles. The number of aliphatic carboxylic acids is 1. The van der Waals surface area contributed by atoms with Crippen LogP contribution in [0.25, 0.3) is 21.5 Å². The van der Waals surface area contributed by atoms with E-state index in [1.54, 1.807) is 0 Å². The molecule has 0 aromatic heterocycles. The summed E-state index contributed by atoms with van der Waals surface area (Å²) < 4.78 is 0. The Balaban J connectivity index is 2.17. The maximum absolute atomic E-state index is 10.7. The largest absolute Gasteiger partial charge is 0.481 e. The van der Waals surface area contributed by atoms with Crippen LogP contribution in [0, 0.1) is 0 Å². The Kier molecular flexibility index (Phi) is 3.48. The summed E-state index contributed by atoms with van der Waals surface area (Å²) in [6, 6.07) is 16.3. The van der Waals surface area contributed by atoms with Gasteiger partial charge in [0.25, 0.3) is 0 Å². The summed E-state index contributed by atoms with van der Waals surface area (Å²) in [6.45, 7) is 0. The molecule has 3 rings (SSSR count). The zero-order valence-corrected chi connectivity index (χ0v) is 11.7. The molecule has 106 valence electrons. The molecule has 3 aromatic rings. The first-order valence-electron chi connectivity index (χ1n) is 7.07. The van der Waals surface area contributed by atoms with Crippen molar-refractivity contribution in [1.82, 2.24) is 0 Å². The van der Waals surface area contributed by atoms with E-state index in [9.17, 15) is 4.79 Å². The van der Waals surface area contributed by atoms with Crippen molar-refractivity contribution in [2.45, 2.75) is 19.3 Å². The molecule has 0 saturated heterocycles. The predicted molar refractivity (Wildman–Crippen MR) is 86.4 cm³/mol. The van der Waals surface area contributed by atoms with Gasteiger partial charge >= 0.3 is 5.97 Å². The molecule has 0 unspecified atom stereocenters. The lowest BCUT2D eigenvalue weighted by molar-refractivity contribution is -0.137. The molecule has 0 bridgehead atoms. The predicted octanol–water partition coefficient (Wildman–Crippen LogP) is 3.98. The van der Waals surface area contributed by atoms with Gasteiger partial charge in [-0.25, -0.2) is 0 Å². The first kappa shape index (κ1) is 13.4. The molecule has 0 spiro atoms. The zero-order valence-electron chi connectivity index (χ0n) is 11.7. The highest BCUT2D eigenvalue weighted by Gasteiger charge is 2.08. The van der Waals surface area contributed by atoms with Gasteiger partial charge in [-0.1, -0.05) is 30.3 Å². The summed E-state index contributed by atoms with van der Waals surface area (Å²) >= 11 is 0. The molecule has 3 heteroatoms. The van der Waals surface area contributed by atoms with Gasteiger partial charge in [0.15, 0.2) is 0 Å². The van der Waals surface area contributed by atoms with Gasteiger partial charge in [-0.05, 0) is 58.1 Å². The van der Waals surface area contributed by atoms with E-state index < -0.39 is 5.97 Å². The number of benzene rings is 3. The highest BCUT2D eigenvalue weighted by Crippen LogP contribution is 2.30. The van der Waals surface area contributed by atoms with Crippen LogP contribution in [-0.4, -0.2) is 11.1 Å². The van der Waals surface area contributed by atoms with Gasteiger partial charge in [0.1, 0.15) is 0 Å². The number of nitrogens with two attached hydrogens (primary N) is 1. The van der Waals surface area contributed by atoms with Crippen LogP contribution in [0.5, 0.6) is 0 Å². The maximum Gasteiger partial charge on any atom is 0.303 e. The second-order valence-corrected chi connectivity index (χ2v) is 5.30. The SMILES string of the molecule is Nc1ccc2c(CCCC(=O)O)c3ccccc3cc2c1. The van der Waals surface area contributed by atoms with E-state index in [4.69, 9.17) is 10.8 Å². The molecule has 21 heavy (non-hydrogen) atoms. The van der Waals surface area contributed by atoms with Crippen molar-refractivity contribution in [2.75, 3.05) is 5.73 Å². The highest BCUT2D eigenvalue weighted by atomic mass is 16.4. The first-order valence-corrected chi connectivity index (χ1v) is 7.07. The number of carboxylic acids is 1. The average molecular weight is 279 g/mol. The van der Waals surface area contributed by atoms with Crippen molar-refractivity contribution in [1.29, 1.82) is 0 Å². The number of hydrogen-bond donors (Lipinski definition) is 2. The fourth-order valence-electron chi connectivity index (χ4n) is 2.87. The third-order valence-corrected chi connectivity index (χ3v) is 3.82. The quantitative estimate of drug-likeness (QED) is 0.561. The third kappa shape index (κ3) is 2.68. The topological polar surface area (TPSA) is 63.3 Å². The van der Waals surface area contributed by atoms with Gasteiger partial charge in [-0.3, -0.25) is 4.79 Å². The minimum Gasteiger partial charge on any atom is -0.481 e.